The monoisotopic (exact) mass is 368 g/mol. The van der Waals surface area contributed by atoms with Crippen molar-refractivity contribution < 1.29 is 39.7 Å². The van der Waals surface area contributed by atoms with Gasteiger partial charge in [-0.1, -0.05) is 6.92 Å². The zero-order chi connectivity index (χ0) is 17.9. The van der Waals surface area contributed by atoms with Crippen LogP contribution in [0.3, 0.4) is 0 Å². The van der Waals surface area contributed by atoms with Crippen LogP contribution in [0.2, 0.25) is 0 Å². The molecule has 0 spiro atoms. The Morgan fingerprint density at radius 1 is 1.21 bits per heavy atom. The fourth-order valence-electron chi connectivity index (χ4n) is 3.20. The molecule has 0 aliphatic carbocycles. The first-order valence-electron chi connectivity index (χ1n) is 8.26. The van der Waals surface area contributed by atoms with Crippen LogP contribution in [-0.4, -0.2) is 93.0 Å². The molecule has 0 amide bonds. The molecule has 8 atom stereocenters. The van der Waals surface area contributed by atoms with Gasteiger partial charge in [0.25, 0.3) is 0 Å². The molecule has 0 bridgehead atoms. The average Bonchev–Trinajstić information content (AvgIpc) is 2.56. The maximum atomic E-state index is 10.1. The summed E-state index contributed by atoms with van der Waals surface area (Å²) in [5, 5.41) is 49.1. The quantitative estimate of drug-likeness (QED) is 0.310. The average molecular weight is 368 g/mol. The summed E-state index contributed by atoms with van der Waals surface area (Å²) in [5.74, 6) is 0. The molecular formula is C15H28O8S. The molecule has 9 heteroatoms. The summed E-state index contributed by atoms with van der Waals surface area (Å²) in [4.78, 5) is 0. The second-order valence-corrected chi connectivity index (χ2v) is 7.43. The minimum absolute atomic E-state index is 0.101. The normalized spacial score (nSPS) is 46.9. The van der Waals surface area contributed by atoms with Gasteiger partial charge in [-0.05, 0) is 19.3 Å². The molecule has 142 valence electrons. The summed E-state index contributed by atoms with van der Waals surface area (Å²) in [5.41, 5.74) is 0. The van der Waals surface area contributed by atoms with E-state index < -0.39 is 47.7 Å². The molecule has 2 saturated heterocycles. The van der Waals surface area contributed by atoms with E-state index in [-0.39, 0.29) is 26.1 Å². The van der Waals surface area contributed by atoms with Crippen LogP contribution in [0.15, 0.2) is 0 Å². The summed E-state index contributed by atoms with van der Waals surface area (Å²) in [6.45, 7) is 1.93. The summed E-state index contributed by atoms with van der Waals surface area (Å²) in [6.07, 6.45) is -5.85. The summed E-state index contributed by atoms with van der Waals surface area (Å²) < 4.78 is 15.5. The lowest BCUT2D eigenvalue weighted by atomic mass is 9.83. The van der Waals surface area contributed by atoms with Crippen molar-refractivity contribution >= 4 is 12.6 Å². The minimum Gasteiger partial charge on any atom is -0.394 e. The molecule has 24 heavy (non-hydrogen) atoms. The number of thiol groups is 1. The first-order valence-corrected chi connectivity index (χ1v) is 8.71. The molecule has 5 N–H and O–H groups in total. The highest BCUT2D eigenvalue weighted by molar-refractivity contribution is 7.81. The molecule has 0 aromatic rings. The van der Waals surface area contributed by atoms with Gasteiger partial charge in [-0.2, -0.15) is 12.6 Å². The van der Waals surface area contributed by atoms with Gasteiger partial charge in [0.15, 0.2) is 6.29 Å². The van der Waals surface area contributed by atoms with Crippen LogP contribution in [-0.2, 0) is 14.2 Å². The van der Waals surface area contributed by atoms with Crippen molar-refractivity contribution in [3.8, 4) is 0 Å². The zero-order valence-corrected chi connectivity index (χ0v) is 14.6. The number of aliphatic hydroxyl groups excluding tert-OH is 5. The van der Waals surface area contributed by atoms with E-state index in [0.717, 1.165) is 6.42 Å². The van der Waals surface area contributed by atoms with Crippen LogP contribution in [0.4, 0.5) is 0 Å². The third-order valence-electron chi connectivity index (χ3n) is 4.64. The van der Waals surface area contributed by atoms with Gasteiger partial charge in [0.1, 0.15) is 24.4 Å². The van der Waals surface area contributed by atoms with E-state index in [9.17, 15) is 25.5 Å². The SMILES string of the molecule is CCCOC1CC(S)(C[C@H]2OC[C@H](O)[C@@H](O)[C@@H]2O)C(CO)OC1O. The molecule has 2 aliphatic rings. The van der Waals surface area contributed by atoms with Gasteiger partial charge in [-0.3, -0.25) is 0 Å². The Bertz CT molecular complexity index is 400. The van der Waals surface area contributed by atoms with Crippen molar-refractivity contribution in [2.45, 2.75) is 73.8 Å². The number of rotatable bonds is 6. The summed E-state index contributed by atoms with van der Waals surface area (Å²) in [7, 11) is 0. The number of ether oxygens (including phenoxy) is 3. The van der Waals surface area contributed by atoms with Gasteiger partial charge in [0.2, 0.25) is 0 Å². The van der Waals surface area contributed by atoms with Crippen LogP contribution < -0.4 is 0 Å². The van der Waals surface area contributed by atoms with Gasteiger partial charge >= 0.3 is 0 Å². The fraction of sp³-hybridized carbons (Fsp3) is 1.00. The Balaban J connectivity index is 2.08. The van der Waals surface area contributed by atoms with E-state index >= 15 is 0 Å². The summed E-state index contributed by atoms with van der Waals surface area (Å²) in [6, 6.07) is 0. The van der Waals surface area contributed by atoms with Gasteiger partial charge < -0.3 is 39.7 Å². The Morgan fingerprint density at radius 3 is 2.54 bits per heavy atom. The van der Waals surface area contributed by atoms with Crippen LogP contribution in [0.5, 0.6) is 0 Å². The topological polar surface area (TPSA) is 129 Å². The fourth-order valence-corrected chi connectivity index (χ4v) is 3.70. The van der Waals surface area contributed by atoms with E-state index in [1.165, 1.54) is 0 Å². The lowest BCUT2D eigenvalue weighted by Gasteiger charge is -2.47. The third-order valence-corrected chi connectivity index (χ3v) is 5.29. The molecular weight excluding hydrogens is 340 g/mol. The minimum atomic E-state index is -1.31. The molecule has 0 radical (unpaired) electrons. The highest BCUT2D eigenvalue weighted by Gasteiger charge is 2.50. The molecule has 2 aliphatic heterocycles. The first-order chi connectivity index (χ1) is 11.3. The lowest BCUT2D eigenvalue weighted by Crippen LogP contribution is -2.60. The second kappa shape index (κ2) is 8.61. The van der Waals surface area contributed by atoms with Gasteiger partial charge in [0.05, 0.1) is 25.4 Å². The number of hydrogen-bond donors (Lipinski definition) is 6. The highest BCUT2D eigenvalue weighted by Crippen LogP contribution is 2.40. The van der Waals surface area contributed by atoms with E-state index in [2.05, 4.69) is 12.6 Å². The maximum absolute atomic E-state index is 10.1. The maximum Gasteiger partial charge on any atom is 0.181 e. The molecule has 4 unspecified atom stereocenters. The van der Waals surface area contributed by atoms with Gasteiger partial charge in [0, 0.05) is 11.4 Å². The van der Waals surface area contributed by atoms with E-state index in [1.54, 1.807) is 0 Å². The van der Waals surface area contributed by atoms with Gasteiger partial charge in [-0.15, -0.1) is 0 Å². The second-order valence-electron chi connectivity index (χ2n) is 6.54. The Morgan fingerprint density at radius 2 is 1.92 bits per heavy atom. The standard InChI is InChI=1S/C15H28O8S/c1-2-3-21-10-5-15(24,11(6-16)23-14(10)20)4-9-13(19)12(18)8(17)7-22-9/h8-14,16-20,24H,2-7H2,1H3/t8-,9+,10?,11?,12+,13+,14?,15?/m0/s1. The Kier molecular flexibility index (Phi) is 7.30. The van der Waals surface area contributed by atoms with E-state index in [0.29, 0.717) is 6.61 Å². The van der Waals surface area contributed by atoms with E-state index in [4.69, 9.17) is 14.2 Å². The molecule has 8 nitrogen and oxygen atoms in total. The van der Waals surface area contributed by atoms with Crippen LogP contribution in [0.1, 0.15) is 26.2 Å². The van der Waals surface area contributed by atoms with Crippen molar-refractivity contribution in [1.82, 2.24) is 0 Å². The van der Waals surface area contributed by atoms with Crippen LogP contribution >= 0.6 is 12.6 Å². The predicted octanol–water partition coefficient (Wildman–Crippen LogP) is -1.58. The Labute approximate surface area is 146 Å². The lowest BCUT2D eigenvalue weighted by molar-refractivity contribution is -0.251. The molecule has 0 aromatic carbocycles. The van der Waals surface area contributed by atoms with Crippen molar-refractivity contribution in [2.24, 2.45) is 0 Å². The van der Waals surface area contributed by atoms with Crippen LogP contribution in [0.25, 0.3) is 0 Å². The number of aliphatic hydroxyl groups is 5. The molecule has 2 heterocycles. The van der Waals surface area contributed by atoms with Crippen LogP contribution in [0, 0.1) is 0 Å². The van der Waals surface area contributed by atoms with Crippen molar-refractivity contribution in [3.63, 3.8) is 0 Å². The zero-order valence-electron chi connectivity index (χ0n) is 13.7. The van der Waals surface area contributed by atoms with Crippen molar-refractivity contribution in [2.75, 3.05) is 19.8 Å². The third kappa shape index (κ3) is 4.40. The first kappa shape index (κ1) is 20.3. The van der Waals surface area contributed by atoms with Crippen molar-refractivity contribution in [1.29, 1.82) is 0 Å². The highest BCUT2D eigenvalue weighted by atomic mass is 32.1. The smallest absolute Gasteiger partial charge is 0.181 e. The summed E-state index contributed by atoms with van der Waals surface area (Å²) >= 11 is 4.64. The largest absolute Gasteiger partial charge is 0.394 e. The van der Waals surface area contributed by atoms with E-state index in [1.807, 2.05) is 6.92 Å². The molecule has 0 saturated carbocycles. The Hall–Kier alpha value is 0.0300. The predicted molar refractivity (Wildman–Crippen MR) is 86.7 cm³/mol. The van der Waals surface area contributed by atoms with Crippen molar-refractivity contribution in [3.05, 3.63) is 0 Å². The number of hydrogen-bond acceptors (Lipinski definition) is 9. The molecule has 2 fully saturated rings. The molecule has 0 aromatic heterocycles. The van der Waals surface area contributed by atoms with Gasteiger partial charge in [-0.25, -0.2) is 0 Å². The molecule has 2 rings (SSSR count).